The molecular weight excluding hydrogens is 306 g/mol. The molecule has 1 aromatic carbocycles. The Morgan fingerprint density at radius 2 is 2.13 bits per heavy atom. The summed E-state index contributed by atoms with van der Waals surface area (Å²) in [5, 5.41) is 1.05. The normalized spacial score (nSPS) is 20.9. The van der Waals surface area contributed by atoms with Crippen LogP contribution in [0.4, 0.5) is 0 Å². The second-order valence-corrected chi connectivity index (χ2v) is 7.21. The van der Waals surface area contributed by atoms with E-state index in [0.717, 1.165) is 35.8 Å². The van der Waals surface area contributed by atoms with Crippen LogP contribution in [0.5, 0.6) is 0 Å². The first kappa shape index (κ1) is 16.1. The van der Waals surface area contributed by atoms with Crippen molar-refractivity contribution in [2.45, 2.75) is 25.7 Å². The minimum atomic E-state index is 0.0988. The Labute approximate surface area is 141 Å². The van der Waals surface area contributed by atoms with Crippen molar-refractivity contribution in [3.8, 4) is 0 Å². The third-order valence-corrected chi connectivity index (χ3v) is 5.53. The molecule has 1 aromatic heterocycles. The van der Waals surface area contributed by atoms with Crippen LogP contribution in [-0.2, 0) is 6.42 Å². The summed E-state index contributed by atoms with van der Waals surface area (Å²) in [5.41, 5.74) is 7.23. The Kier molecular flexibility index (Phi) is 5.08. The molecule has 0 aliphatic carbocycles. The Bertz CT molecular complexity index is 655. The van der Waals surface area contributed by atoms with Gasteiger partial charge in [-0.2, -0.15) is 0 Å². The molecule has 2 N–H and O–H groups in total. The van der Waals surface area contributed by atoms with Crippen LogP contribution in [0.3, 0.4) is 0 Å². The molecule has 2 aromatic rings. The lowest BCUT2D eigenvalue weighted by molar-refractivity contribution is 0.0791. The third kappa shape index (κ3) is 3.46. The van der Waals surface area contributed by atoms with E-state index < -0.39 is 0 Å². The van der Waals surface area contributed by atoms with Gasteiger partial charge in [0.15, 0.2) is 0 Å². The average molecular weight is 329 g/mol. The van der Waals surface area contributed by atoms with Gasteiger partial charge < -0.3 is 10.6 Å². The van der Waals surface area contributed by atoms with E-state index in [1.165, 1.54) is 16.9 Å². The molecule has 3 rings (SSSR count). The molecule has 0 bridgehead atoms. The van der Waals surface area contributed by atoms with E-state index in [0.29, 0.717) is 18.4 Å². The monoisotopic (exact) mass is 329 g/mol. The molecule has 1 aliphatic heterocycles. The molecule has 1 aliphatic rings. The van der Waals surface area contributed by atoms with Gasteiger partial charge in [0.2, 0.25) is 0 Å². The van der Waals surface area contributed by atoms with Crippen molar-refractivity contribution in [1.29, 1.82) is 0 Å². The molecule has 1 amide bonds. The van der Waals surface area contributed by atoms with Crippen molar-refractivity contribution in [1.82, 2.24) is 9.88 Å². The fourth-order valence-electron chi connectivity index (χ4n) is 3.25. The Balaban J connectivity index is 1.74. The third-order valence-electron chi connectivity index (χ3n) is 4.49. The van der Waals surface area contributed by atoms with Crippen LogP contribution in [-0.4, -0.2) is 35.4 Å². The number of benzene rings is 1. The lowest BCUT2D eigenvalue weighted by Crippen LogP contribution is -2.29. The van der Waals surface area contributed by atoms with E-state index in [1.54, 1.807) is 6.20 Å². The number of carbonyl (C=O) groups is 1. The summed E-state index contributed by atoms with van der Waals surface area (Å²) in [6, 6.07) is 10.4. The van der Waals surface area contributed by atoms with Crippen LogP contribution < -0.4 is 5.73 Å². The Morgan fingerprint density at radius 1 is 1.35 bits per heavy atom. The molecule has 0 spiro atoms. The molecule has 4 nitrogen and oxygen atoms in total. The molecular formula is C18H23N3OS. The minimum absolute atomic E-state index is 0.0988. The first-order valence-electron chi connectivity index (χ1n) is 8.22. The summed E-state index contributed by atoms with van der Waals surface area (Å²) in [7, 11) is 0. The molecule has 2 heterocycles. The number of likely N-dealkylation sites (tertiary alicyclic amines) is 1. The maximum absolute atomic E-state index is 12.8. The summed E-state index contributed by atoms with van der Waals surface area (Å²) in [6.45, 7) is 4.20. The zero-order valence-electron chi connectivity index (χ0n) is 13.4. The fraction of sp³-hybridized carbons (Fsp3) is 0.444. The Hall–Kier alpha value is -1.72. The van der Waals surface area contributed by atoms with Crippen LogP contribution in [0, 0.1) is 5.92 Å². The number of nitrogens with two attached hydrogens (primary N) is 1. The summed E-state index contributed by atoms with van der Waals surface area (Å²) >= 11 is 1.52. The molecule has 0 saturated carbocycles. The highest BCUT2D eigenvalue weighted by atomic mass is 32.1. The first-order valence-corrected chi connectivity index (χ1v) is 9.03. The van der Waals surface area contributed by atoms with Crippen LogP contribution in [0.15, 0.2) is 36.5 Å². The van der Waals surface area contributed by atoms with Crippen LogP contribution in [0.2, 0.25) is 0 Å². The van der Waals surface area contributed by atoms with E-state index in [-0.39, 0.29) is 5.91 Å². The van der Waals surface area contributed by atoms with E-state index >= 15 is 0 Å². The molecule has 1 fully saturated rings. The zero-order chi connectivity index (χ0) is 16.2. The van der Waals surface area contributed by atoms with Gasteiger partial charge >= 0.3 is 0 Å². The van der Waals surface area contributed by atoms with E-state index in [2.05, 4.69) is 24.0 Å². The predicted octanol–water partition coefficient (Wildman–Crippen LogP) is 2.91. The molecule has 1 saturated heterocycles. The van der Waals surface area contributed by atoms with Gasteiger partial charge in [0.25, 0.3) is 5.91 Å². The number of aromatic nitrogens is 1. The fourth-order valence-corrected chi connectivity index (χ4v) is 4.24. The quantitative estimate of drug-likeness (QED) is 0.917. The number of nitrogens with zero attached hydrogens (tertiary/aromatic N) is 2. The topological polar surface area (TPSA) is 59.2 Å². The van der Waals surface area contributed by atoms with Crippen LogP contribution in [0.1, 0.15) is 39.5 Å². The summed E-state index contributed by atoms with van der Waals surface area (Å²) in [4.78, 5) is 19.8. The van der Waals surface area contributed by atoms with E-state index in [4.69, 9.17) is 5.73 Å². The van der Waals surface area contributed by atoms with Crippen molar-refractivity contribution < 1.29 is 4.79 Å². The van der Waals surface area contributed by atoms with Crippen molar-refractivity contribution in [3.63, 3.8) is 0 Å². The number of hydrogen-bond donors (Lipinski definition) is 1. The van der Waals surface area contributed by atoms with Gasteiger partial charge in [-0.25, -0.2) is 4.98 Å². The molecule has 5 heteroatoms. The summed E-state index contributed by atoms with van der Waals surface area (Å²) < 4.78 is 0. The van der Waals surface area contributed by atoms with Gasteiger partial charge in [-0.15, -0.1) is 11.3 Å². The maximum Gasteiger partial charge on any atom is 0.265 e. The van der Waals surface area contributed by atoms with Gasteiger partial charge in [0.05, 0.1) is 11.2 Å². The average Bonchev–Trinajstić information content (AvgIpc) is 3.22. The second kappa shape index (κ2) is 7.23. The molecule has 2 atom stereocenters. The Morgan fingerprint density at radius 3 is 2.83 bits per heavy atom. The van der Waals surface area contributed by atoms with Gasteiger partial charge in [-0.1, -0.05) is 37.3 Å². The van der Waals surface area contributed by atoms with Crippen molar-refractivity contribution >= 4 is 17.2 Å². The van der Waals surface area contributed by atoms with Crippen molar-refractivity contribution in [3.05, 3.63) is 52.0 Å². The van der Waals surface area contributed by atoms with Gasteiger partial charge in [-0.05, 0) is 30.9 Å². The van der Waals surface area contributed by atoms with Gasteiger partial charge in [-0.3, -0.25) is 4.79 Å². The SMILES string of the molecule is CCCc1ncc(C(=O)N2C[C@@H](CN)[C@H](c3ccccc3)C2)s1. The number of aryl methyl sites for hydroxylation is 1. The van der Waals surface area contributed by atoms with E-state index in [9.17, 15) is 4.79 Å². The molecule has 23 heavy (non-hydrogen) atoms. The first-order chi connectivity index (χ1) is 11.2. The van der Waals surface area contributed by atoms with Crippen molar-refractivity contribution in [2.24, 2.45) is 11.7 Å². The summed E-state index contributed by atoms with van der Waals surface area (Å²) in [5.74, 6) is 0.749. The van der Waals surface area contributed by atoms with Crippen LogP contribution in [0.25, 0.3) is 0 Å². The van der Waals surface area contributed by atoms with Gasteiger partial charge in [0.1, 0.15) is 4.88 Å². The second-order valence-electron chi connectivity index (χ2n) is 6.09. The zero-order valence-corrected chi connectivity index (χ0v) is 14.3. The van der Waals surface area contributed by atoms with Gasteiger partial charge in [0, 0.05) is 19.0 Å². The summed E-state index contributed by atoms with van der Waals surface area (Å²) in [6.07, 6.45) is 3.72. The number of hydrogen-bond acceptors (Lipinski definition) is 4. The molecule has 0 radical (unpaired) electrons. The number of thiazole rings is 1. The van der Waals surface area contributed by atoms with E-state index in [1.807, 2.05) is 23.1 Å². The highest BCUT2D eigenvalue weighted by molar-refractivity contribution is 7.13. The van der Waals surface area contributed by atoms with Crippen LogP contribution >= 0.6 is 11.3 Å². The standard InChI is InChI=1S/C18H23N3OS/c1-2-6-17-20-10-16(23-17)18(22)21-11-14(9-19)15(12-21)13-7-4-3-5-8-13/h3-5,7-8,10,14-15H,2,6,9,11-12,19H2,1H3/t14-,15+/m1/s1. The smallest absolute Gasteiger partial charge is 0.265 e. The molecule has 0 unspecified atom stereocenters. The largest absolute Gasteiger partial charge is 0.337 e. The highest BCUT2D eigenvalue weighted by Gasteiger charge is 2.36. The lowest BCUT2D eigenvalue weighted by Gasteiger charge is -2.16. The highest BCUT2D eigenvalue weighted by Crippen LogP contribution is 2.33. The minimum Gasteiger partial charge on any atom is -0.337 e. The predicted molar refractivity (Wildman–Crippen MR) is 93.7 cm³/mol. The maximum atomic E-state index is 12.8. The number of rotatable bonds is 5. The van der Waals surface area contributed by atoms with Crippen molar-refractivity contribution in [2.75, 3.05) is 19.6 Å². The molecule has 122 valence electrons. The number of amides is 1. The lowest BCUT2D eigenvalue weighted by atomic mass is 9.89. The number of carbonyl (C=O) groups excluding carboxylic acids is 1.